The molecule has 2 aromatic heterocycles. The Morgan fingerprint density at radius 3 is 2.49 bits per heavy atom. The van der Waals surface area contributed by atoms with Gasteiger partial charge >= 0.3 is 6.18 Å². The maximum atomic E-state index is 14.6. The van der Waals surface area contributed by atoms with Gasteiger partial charge in [-0.25, -0.2) is 14.4 Å². The summed E-state index contributed by atoms with van der Waals surface area (Å²) in [5.41, 5.74) is -0.376. The van der Waals surface area contributed by atoms with Gasteiger partial charge in [-0.15, -0.1) is 0 Å². The van der Waals surface area contributed by atoms with Crippen molar-refractivity contribution in [2.75, 3.05) is 20.3 Å². The van der Waals surface area contributed by atoms with Crippen LogP contribution in [0.25, 0.3) is 22.6 Å². The molecule has 1 unspecified atom stereocenters. The molecular weight excluding hydrogens is 576 g/mol. The quantitative estimate of drug-likeness (QED) is 0.258. The van der Waals surface area contributed by atoms with Crippen LogP contribution in [-0.2, 0) is 15.8 Å². The first kappa shape index (κ1) is 29.5. The number of methoxy groups -OCH3 is 1. The summed E-state index contributed by atoms with van der Waals surface area (Å²) in [5.74, 6) is -1.98. The van der Waals surface area contributed by atoms with Crippen molar-refractivity contribution in [1.82, 2.24) is 15.3 Å². The van der Waals surface area contributed by atoms with Crippen LogP contribution in [-0.4, -0.2) is 53.3 Å². The Balaban J connectivity index is 1.55. The molecule has 1 aliphatic rings. The summed E-state index contributed by atoms with van der Waals surface area (Å²) in [7, 11) is 1.33. The molecule has 2 aromatic carbocycles. The second kappa shape index (κ2) is 10.7. The Hall–Kier alpha value is -4.98. The maximum absolute atomic E-state index is 14.6. The summed E-state index contributed by atoms with van der Waals surface area (Å²) in [5, 5.41) is 13.3. The lowest BCUT2D eigenvalue weighted by Crippen LogP contribution is -2.51. The van der Waals surface area contributed by atoms with Gasteiger partial charge in [0, 0.05) is 16.7 Å². The number of aromatic nitrogens is 2. The van der Waals surface area contributed by atoms with E-state index >= 15 is 0 Å². The molecule has 0 bridgehead atoms. The number of nitrogens with zero attached hydrogens (tertiary/aromatic N) is 2. The van der Waals surface area contributed by atoms with E-state index in [-0.39, 0.29) is 40.5 Å². The molecule has 5 rings (SSSR count). The summed E-state index contributed by atoms with van der Waals surface area (Å²) in [6, 6.07) is 9.62. The monoisotopic (exact) mass is 600 g/mol. The fraction of sp³-hybridized carbons (Fsp3) is 0.241. The molecule has 0 radical (unpaired) electrons. The van der Waals surface area contributed by atoms with Crippen molar-refractivity contribution < 1.29 is 46.1 Å². The van der Waals surface area contributed by atoms with E-state index in [4.69, 9.17) is 19.6 Å². The zero-order valence-corrected chi connectivity index (χ0v) is 22.7. The number of amides is 2. The molecule has 224 valence electrons. The molecule has 1 aliphatic heterocycles. The first-order chi connectivity index (χ1) is 20.3. The van der Waals surface area contributed by atoms with E-state index in [1.54, 1.807) is 0 Å². The number of carbonyl (C=O) groups excluding carboxylic acids is 2. The number of nitrogens with one attached hydrogen (secondary N) is 1. The second-order valence-corrected chi connectivity index (χ2v) is 10.0. The number of halogens is 4. The standard InChI is InChI=1S/C29H24F4N4O6/c1-27(26(34)39)13-42-24-19(27)10-22(37-23(24)15-3-6-17(30)7-4-15)28(40,29(31,32)33)12-36-25(38)16-5-8-18(20(9-16)41-2)21-11-35-14-43-21/h3-11,14,40H,12-13H2,1-2H3,(H2,34,39)(H,36,38)/t27-,28?/m0/s1. The molecule has 2 amide bonds. The van der Waals surface area contributed by atoms with Crippen molar-refractivity contribution in [3.8, 4) is 34.1 Å². The van der Waals surface area contributed by atoms with E-state index in [0.717, 1.165) is 18.2 Å². The molecule has 0 saturated carbocycles. The van der Waals surface area contributed by atoms with Gasteiger partial charge in [-0.1, -0.05) is 0 Å². The van der Waals surface area contributed by atoms with Crippen LogP contribution in [0.5, 0.6) is 11.5 Å². The van der Waals surface area contributed by atoms with E-state index < -0.39 is 47.1 Å². The van der Waals surface area contributed by atoms with Crippen molar-refractivity contribution in [1.29, 1.82) is 0 Å². The van der Waals surface area contributed by atoms with Gasteiger partial charge in [0.1, 0.15) is 35.0 Å². The number of nitrogens with two attached hydrogens (primary N) is 1. The number of pyridine rings is 1. The van der Waals surface area contributed by atoms with Crippen LogP contribution in [0.1, 0.15) is 28.5 Å². The van der Waals surface area contributed by atoms with Gasteiger partial charge in [0.2, 0.25) is 11.5 Å². The number of ether oxygens (including phenoxy) is 2. The highest BCUT2D eigenvalue weighted by Crippen LogP contribution is 2.47. The lowest BCUT2D eigenvalue weighted by Gasteiger charge is -2.31. The number of fused-ring (bicyclic) bond motifs is 1. The molecule has 3 heterocycles. The number of oxazole rings is 1. The predicted molar refractivity (Wildman–Crippen MR) is 142 cm³/mol. The molecule has 4 N–H and O–H groups in total. The number of hydrogen-bond acceptors (Lipinski definition) is 8. The summed E-state index contributed by atoms with van der Waals surface area (Å²) in [6.45, 7) is -0.280. The van der Waals surface area contributed by atoms with E-state index in [0.29, 0.717) is 11.3 Å². The van der Waals surface area contributed by atoms with Crippen LogP contribution >= 0.6 is 0 Å². The zero-order valence-electron chi connectivity index (χ0n) is 22.7. The van der Waals surface area contributed by atoms with E-state index in [9.17, 15) is 32.3 Å². The van der Waals surface area contributed by atoms with Crippen molar-refractivity contribution in [3.63, 3.8) is 0 Å². The van der Waals surface area contributed by atoms with Gasteiger partial charge in [0.25, 0.3) is 5.91 Å². The average Bonchev–Trinajstić information content (AvgIpc) is 3.64. The zero-order chi connectivity index (χ0) is 31.2. The number of benzene rings is 2. The van der Waals surface area contributed by atoms with E-state index in [1.165, 1.54) is 57.0 Å². The Labute approximate surface area is 241 Å². The summed E-state index contributed by atoms with van der Waals surface area (Å²) in [6.07, 6.45) is -2.75. The molecule has 0 saturated heterocycles. The van der Waals surface area contributed by atoms with Crippen molar-refractivity contribution in [2.45, 2.75) is 24.1 Å². The smallest absolute Gasteiger partial charge is 0.424 e. The number of alkyl halides is 3. The first-order valence-electron chi connectivity index (χ1n) is 12.7. The highest BCUT2D eigenvalue weighted by molar-refractivity contribution is 5.95. The number of primary amides is 1. The Kier molecular flexibility index (Phi) is 7.34. The van der Waals surface area contributed by atoms with Crippen molar-refractivity contribution >= 4 is 11.8 Å². The third-order valence-electron chi connectivity index (χ3n) is 7.29. The van der Waals surface area contributed by atoms with Crippen LogP contribution in [0.15, 0.2) is 65.5 Å². The maximum Gasteiger partial charge on any atom is 0.424 e. The highest BCUT2D eigenvalue weighted by atomic mass is 19.4. The van der Waals surface area contributed by atoms with Crippen molar-refractivity contribution in [3.05, 3.63) is 83.8 Å². The minimum atomic E-state index is -5.36. The molecule has 14 heteroatoms. The van der Waals surface area contributed by atoms with E-state index in [2.05, 4.69) is 15.3 Å². The van der Waals surface area contributed by atoms with Gasteiger partial charge in [-0.3, -0.25) is 9.59 Å². The first-order valence-corrected chi connectivity index (χ1v) is 12.7. The number of rotatable bonds is 8. The Morgan fingerprint density at radius 1 is 1.16 bits per heavy atom. The molecule has 4 aromatic rings. The average molecular weight is 601 g/mol. The molecule has 0 spiro atoms. The normalized spacial score (nSPS) is 17.5. The Morgan fingerprint density at radius 2 is 1.88 bits per heavy atom. The van der Waals surface area contributed by atoms with E-state index in [1.807, 2.05) is 0 Å². The third kappa shape index (κ3) is 5.14. The molecule has 10 nitrogen and oxygen atoms in total. The SMILES string of the molecule is COc1cc(C(=O)NCC(O)(c2cc3c(c(-c4ccc(F)cc4)n2)OC[C@]3(C)C(N)=O)C(F)(F)F)ccc1-c1cnco1. The van der Waals surface area contributed by atoms with Gasteiger partial charge in [-0.05, 0) is 55.5 Å². The fourth-order valence-electron chi connectivity index (χ4n) is 4.63. The molecule has 0 fully saturated rings. The molecule has 0 aliphatic carbocycles. The minimum Gasteiger partial charge on any atom is -0.496 e. The van der Waals surface area contributed by atoms with Crippen LogP contribution in [0.2, 0.25) is 0 Å². The third-order valence-corrected chi connectivity index (χ3v) is 7.29. The Bertz CT molecular complexity index is 1690. The van der Waals surface area contributed by atoms with Crippen LogP contribution in [0.3, 0.4) is 0 Å². The number of carbonyl (C=O) groups is 2. The van der Waals surface area contributed by atoms with Crippen LogP contribution in [0.4, 0.5) is 17.6 Å². The summed E-state index contributed by atoms with van der Waals surface area (Å²) < 4.78 is 73.6. The summed E-state index contributed by atoms with van der Waals surface area (Å²) in [4.78, 5) is 33.3. The fourth-order valence-corrected chi connectivity index (χ4v) is 4.63. The second-order valence-electron chi connectivity index (χ2n) is 10.0. The lowest BCUT2D eigenvalue weighted by atomic mass is 9.81. The number of aliphatic hydroxyl groups is 1. The number of hydrogen-bond donors (Lipinski definition) is 3. The molecular formula is C29H24F4N4O6. The van der Waals surface area contributed by atoms with Gasteiger partial charge < -0.3 is 30.0 Å². The topological polar surface area (TPSA) is 150 Å². The lowest BCUT2D eigenvalue weighted by molar-refractivity contribution is -0.265. The van der Waals surface area contributed by atoms with Crippen molar-refractivity contribution in [2.24, 2.45) is 5.73 Å². The van der Waals surface area contributed by atoms with Crippen LogP contribution < -0.4 is 20.5 Å². The van der Waals surface area contributed by atoms with Gasteiger partial charge in [0.15, 0.2) is 12.2 Å². The minimum absolute atomic E-state index is 0.0378. The largest absolute Gasteiger partial charge is 0.496 e. The molecule has 43 heavy (non-hydrogen) atoms. The predicted octanol–water partition coefficient (Wildman–Crippen LogP) is 3.87. The molecule has 2 atom stereocenters. The highest BCUT2D eigenvalue weighted by Gasteiger charge is 2.57. The van der Waals surface area contributed by atoms with Gasteiger partial charge in [-0.2, -0.15) is 13.2 Å². The van der Waals surface area contributed by atoms with Gasteiger partial charge in [0.05, 0.1) is 31.1 Å². The summed E-state index contributed by atoms with van der Waals surface area (Å²) >= 11 is 0. The van der Waals surface area contributed by atoms with Crippen LogP contribution in [0, 0.1) is 5.82 Å².